The van der Waals surface area contributed by atoms with Crippen molar-refractivity contribution in [2.24, 2.45) is 0 Å². The summed E-state index contributed by atoms with van der Waals surface area (Å²) < 4.78 is 5.47. The molecule has 7 nitrogen and oxygen atoms in total. The number of rotatable bonds is 5. The standard InChI is InChI=1S/C17H26N4O3/c1-17(2,3)24-16(23)21-9-5-6-13(21)11-20(4)12-15(22)14-10-18-7-8-19-14/h7-8,10,13H,5-6,9,11-12H2,1-4H3/t13-/m1/s1. The van der Waals surface area contributed by atoms with Crippen molar-refractivity contribution in [3.8, 4) is 0 Å². The second-order valence-electron chi connectivity index (χ2n) is 7.18. The minimum absolute atomic E-state index is 0.0690. The fourth-order valence-electron chi connectivity index (χ4n) is 2.78. The Balaban J connectivity index is 1.89. The van der Waals surface area contributed by atoms with E-state index in [1.807, 2.05) is 32.7 Å². The number of carbonyl (C=O) groups is 2. The molecule has 0 saturated carbocycles. The van der Waals surface area contributed by atoms with Crippen LogP contribution in [0, 0.1) is 0 Å². The van der Waals surface area contributed by atoms with Gasteiger partial charge in [-0.05, 0) is 40.7 Å². The third-order valence-electron chi connectivity index (χ3n) is 3.79. The highest BCUT2D eigenvalue weighted by molar-refractivity contribution is 5.95. The minimum atomic E-state index is -0.502. The highest BCUT2D eigenvalue weighted by atomic mass is 16.6. The maximum Gasteiger partial charge on any atom is 0.410 e. The van der Waals surface area contributed by atoms with E-state index in [1.165, 1.54) is 18.6 Å². The average Bonchev–Trinajstić information content (AvgIpc) is 2.94. The number of hydrogen-bond donors (Lipinski definition) is 0. The molecule has 1 fully saturated rings. The summed E-state index contributed by atoms with van der Waals surface area (Å²) in [5.74, 6) is -0.0765. The minimum Gasteiger partial charge on any atom is -0.444 e. The largest absolute Gasteiger partial charge is 0.444 e. The van der Waals surface area contributed by atoms with Gasteiger partial charge in [0.1, 0.15) is 11.3 Å². The summed E-state index contributed by atoms with van der Waals surface area (Å²) in [7, 11) is 1.87. The van der Waals surface area contributed by atoms with Crippen LogP contribution in [0.4, 0.5) is 4.79 Å². The first-order chi connectivity index (χ1) is 11.3. The number of carbonyl (C=O) groups excluding carboxylic acids is 2. The summed E-state index contributed by atoms with van der Waals surface area (Å²) in [6.07, 6.45) is 6.11. The fraction of sp³-hybridized carbons (Fsp3) is 0.647. The maximum absolute atomic E-state index is 12.3. The van der Waals surface area contributed by atoms with Gasteiger partial charge in [-0.1, -0.05) is 0 Å². The molecular formula is C17H26N4O3. The Labute approximate surface area is 143 Å². The number of ketones is 1. The molecule has 2 rings (SSSR count). The van der Waals surface area contributed by atoms with E-state index in [2.05, 4.69) is 9.97 Å². The van der Waals surface area contributed by atoms with Crippen LogP contribution in [0.3, 0.4) is 0 Å². The molecule has 0 aromatic carbocycles. The lowest BCUT2D eigenvalue weighted by atomic mass is 10.2. The number of ether oxygens (including phenoxy) is 1. The number of Topliss-reactive ketones (excluding diaryl/α,β-unsaturated/α-hetero) is 1. The number of aromatic nitrogens is 2. The van der Waals surface area contributed by atoms with E-state index in [0.717, 1.165) is 12.8 Å². The molecule has 0 N–H and O–H groups in total. The van der Waals surface area contributed by atoms with Crippen molar-refractivity contribution < 1.29 is 14.3 Å². The van der Waals surface area contributed by atoms with E-state index in [0.29, 0.717) is 18.8 Å². The van der Waals surface area contributed by atoms with Crippen molar-refractivity contribution in [3.63, 3.8) is 0 Å². The van der Waals surface area contributed by atoms with E-state index in [-0.39, 0.29) is 24.5 Å². The highest BCUT2D eigenvalue weighted by Crippen LogP contribution is 2.21. The summed E-state index contributed by atoms with van der Waals surface area (Å²) in [6, 6.07) is 0.0690. The molecule has 132 valence electrons. The number of likely N-dealkylation sites (tertiary alicyclic amines) is 1. The van der Waals surface area contributed by atoms with Gasteiger partial charge >= 0.3 is 6.09 Å². The summed E-state index contributed by atoms with van der Waals surface area (Å²) in [5.41, 5.74) is -0.141. The lowest BCUT2D eigenvalue weighted by Gasteiger charge is -2.30. The molecule has 1 aliphatic heterocycles. The number of amides is 1. The fourth-order valence-corrected chi connectivity index (χ4v) is 2.78. The number of hydrogen-bond acceptors (Lipinski definition) is 6. The van der Waals surface area contributed by atoms with E-state index in [9.17, 15) is 9.59 Å². The molecule has 24 heavy (non-hydrogen) atoms. The first-order valence-electron chi connectivity index (χ1n) is 8.23. The van der Waals surface area contributed by atoms with Crippen molar-refractivity contribution in [3.05, 3.63) is 24.3 Å². The van der Waals surface area contributed by atoms with Gasteiger partial charge in [0, 0.05) is 31.5 Å². The Morgan fingerprint density at radius 1 is 1.38 bits per heavy atom. The van der Waals surface area contributed by atoms with E-state index >= 15 is 0 Å². The van der Waals surface area contributed by atoms with Gasteiger partial charge in [0.2, 0.25) is 0 Å². The van der Waals surface area contributed by atoms with Gasteiger partial charge in [-0.3, -0.25) is 14.7 Å². The molecule has 0 spiro atoms. The average molecular weight is 334 g/mol. The Morgan fingerprint density at radius 2 is 2.12 bits per heavy atom. The van der Waals surface area contributed by atoms with Crippen LogP contribution in [-0.4, -0.2) is 70.0 Å². The molecule has 1 aliphatic rings. The Hall–Kier alpha value is -2.02. The summed E-state index contributed by atoms with van der Waals surface area (Å²) in [6.45, 7) is 7.17. The molecule has 1 aromatic heterocycles. The predicted octanol–water partition coefficient (Wildman–Crippen LogP) is 1.99. The van der Waals surface area contributed by atoms with Gasteiger partial charge in [-0.2, -0.15) is 0 Å². The molecule has 2 heterocycles. The molecule has 0 aliphatic carbocycles. The predicted molar refractivity (Wildman–Crippen MR) is 89.8 cm³/mol. The SMILES string of the molecule is CN(CC(=O)c1cnccn1)C[C@H]1CCCN1C(=O)OC(C)(C)C. The molecule has 1 saturated heterocycles. The molecule has 7 heteroatoms. The van der Waals surface area contributed by atoms with Gasteiger partial charge in [0.05, 0.1) is 12.7 Å². The zero-order chi connectivity index (χ0) is 17.7. The maximum atomic E-state index is 12.3. The van der Waals surface area contributed by atoms with E-state index in [1.54, 1.807) is 4.90 Å². The topological polar surface area (TPSA) is 75.6 Å². The summed E-state index contributed by atoms with van der Waals surface area (Å²) in [5, 5.41) is 0. The van der Waals surface area contributed by atoms with Crippen LogP contribution in [-0.2, 0) is 4.74 Å². The van der Waals surface area contributed by atoms with Crippen LogP contribution in [0.15, 0.2) is 18.6 Å². The first kappa shape index (κ1) is 18.3. The van der Waals surface area contributed by atoms with E-state index < -0.39 is 5.60 Å². The second kappa shape index (κ2) is 7.70. The molecule has 0 unspecified atom stereocenters. The molecule has 0 bridgehead atoms. The van der Waals surface area contributed by atoms with Crippen LogP contribution in [0.2, 0.25) is 0 Å². The second-order valence-corrected chi connectivity index (χ2v) is 7.18. The zero-order valence-corrected chi connectivity index (χ0v) is 14.9. The van der Waals surface area contributed by atoms with Crippen molar-refractivity contribution in [1.29, 1.82) is 0 Å². The highest BCUT2D eigenvalue weighted by Gasteiger charge is 2.32. The summed E-state index contributed by atoms with van der Waals surface area (Å²) in [4.78, 5) is 36.1. The van der Waals surface area contributed by atoms with Crippen LogP contribution in [0.25, 0.3) is 0 Å². The van der Waals surface area contributed by atoms with Crippen molar-refractivity contribution in [2.45, 2.75) is 45.3 Å². The number of nitrogens with zero attached hydrogens (tertiary/aromatic N) is 4. The van der Waals surface area contributed by atoms with Gasteiger partial charge in [0.15, 0.2) is 5.78 Å². The molecular weight excluding hydrogens is 308 g/mol. The van der Waals surface area contributed by atoms with E-state index in [4.69, 9.17) is 4.74 Å². The third-order valence-corrected chi connectivity index (χ3v) is 3.79. The zero-order valence-electron chi connectivity index (χ0n) is 14.9. The van der Waals surface area contributed by atoms with Crippen LogP contribution in [0.1, 0.15) is 44.1 Å². The van der Waals surface area contributed by atoms with Crippen LogP contribution >= 0.6 is 0 Å². The Bertz CT molecular complexity index is 571. The normalized spacial score (nSPS) is 18.0. The Kier molecular flexibility index (Phi) is 5.88. The van der Waals surface area contributed by atoms with Crippen molar-refractivity contribution in [2.75, 3.05) is 26.7 Å². The van der Waals surface area contributed by atoms with Gasteiger partial charge in [-0.25, -0.2) is 9.78 Å². The molecule has 1 amide bonds. The molecule has 1 aromatic rings. The quantitative estimate of drug-likeness (QED) is 0.767. The summed E-state index contributed by atoms with van der Waals surface area (Å²) >= 11 is 0. The smallest absolute Gasteiger partial charge is 0.410 e. The monoisotopic (exact) mass is 334 g/mol. The third kappa shape index (κ3) is 5.26. The molecule has 0 radical (unpaired) electrons. The van der Waals surface area contributed by atoms with Crippen molar-refractivity contribution in [1.82, 2.24) is 19.8 Å². The Morgan fingerprint density at radius 3 is 2.75 bits per heavy atom. The van der Waals surface area contributed by atoms with Crippen molar-refractivity contribution >= 4 is 11.9 Å². The first-order valence-corrected chi connectivity index (χ1v) is 8.23. The lowest BCUT2D eigenvalue weighted by molar-refractivity contribution is 0.0205. The number of likely N-dealkylation sites (N-methyl/N-ethyl adjacent to an activating group) is 1. The molecule has 1 atom stereocenters. The van der Waals surface area contributed by atoms with Crippen LogP contribution < -0.4 is 0 Å². The van der Waals surface area contributed by atoms with Gasteiger partial charge in [0.25, 0.3) is 0 Å². The van der Waals surface area contributed by atoms with Gasteiger partial charge in [-0.15, -0.1) is 0 Å². The van der Waals surface area contributed by atoms with Crippen LogP contribution in [0.5, 0.6) is 0 Å². The lowest BCUT2D eigenvalue weighted by Crippen LogP contribution is -2.45. The van der Waals surface area contributed by atoms with Gasteiger partial charge < -0.3 is 9.64 Å².